The van der Waals surface area contributed by atoms with Crippen LogP contribution in [0.1, 0.15) is 5.56 Å². The summed E-state index contributed by atoms with van der Waals surface area (Å²) in [5.74, 6) is 1.13. The quantitative estimate of drug-likeness (QED) is 0.609. The lowest BCUT2D eigenvalue weighted by molar-refractivity contribution is -0.131. The smallest absolute Gasteiger partial charge is 0.234 e. The first-order valence-corrected chi connectivity index (χ1v) is 11.6. The van der Waals surface area contributed by atoms with Gasteiger partial charge in [0, 0.05) is 18.3 Å². The number of nitrogens with one attached hydrogen (secondary N) is 1. The molecule has 182 valence electrons. The summed E-state index contributed by atoms with van der Waals surface area (Å²) in [6.07, 6.45) is 4.07. The van der Waals surface area contributed by atoms with Crippen molar-refractivity contribution >= 4 is 17.5 Å². The van der Waals surface area contributed by atoms with Crippen LogP contribution in [0.2, 0.25) is 0 Å². The van der Waals surface area contributed by atoms with E-state index in [4.69, 9.17) is 23.7 Å². The molecule has 2 aromatic rings. The fourth-order valence-corrected chi connectivity index (χ4v) is 5.55. The van der Waals surface area contributed by atoms with E-state index in [9.17, 15) is 9.59 Å². The van der Waals surface area contributed by atoms with E-state index < -0.39 is 23.5 Å². The summed E-state index contributed by atoms with van der Waals surface area (Å²) in [5, 5.41) is 3.01. The van der Waals surface area contributed by atoms with Crippen molar-refractivity contribution in [3.63, 3.8) is 0 Å². The van der Waals surface area contributed by atoms with Gasteiger partial charge in [0.15, 0.2) is 23.0 Å². The maximum atomic E-state index is 13.5. The van der Waals surface area contributed by atoms with E-state index in [1.165, 1.54) is 0 Å². The Kier molecular flexibility index (Phi) is 5.10. The van der Waals surface area contributed by atoms with Gasteiger partial charge in [-0.15, -0.1) is 0 Å². The Morgan fingerprint density at radius 3 is 2.77 bits per heavy atom. The van der Waals surface area contributed by atoms with Gasteiger partial charge in [-0.1, -0.05) is 18.2 Å². The van der Waals surface area contributed by atoms with Crippen molar-refractivity contribution < 1.29 is 33.3 Å². The van der Waals surface area contributed by atoms with E-state index in [1.807, 2.05) is 36.4 Å². The minimum atomic E-state index is -0.788. The van der Waals surface area contributed by atoms with E-state index in [0.29, 0.717) is 48.2 Å². The van der Waals surface area contributed by atoms with Crippen molar-refractivity contribution in [1.82, 2.24) is 5.32 Å². The molecule has 2 saturated heterocycles. The Hall–Kier alpha value is -3.72. The van der Waals surface area contributed by atoms with Crippen LogP contribution < -0.4 is 29.2 Å². The number of anilines is 1. The zero-order chi connectivity index (χ0) is 24.2. The predicted octanol–water partition coefficient (Wildman–Crippen LogP) is 2.08. The molecule has 0 radical (unpaired) electrons. The molecule has 3 unspecified atom stereocenters. The lowest BCUT2D eigenvalue weighted by atomic mass is 9.77. The fourth-order valence-electron chi connectivity index (χ4n) is 5.55. The average molecular weight is 479 g/mol. The summed E-state index contributed by atoms with van der Waals surface area (Å²) < 4.78 is 27.7. The van der Waals surface area contributed by atoms with Gasteiger partial charge in [-0.05, 0) is 36.2 Å². The summed E-state index contributed by atoms with van der Waals surface area (Å²) in [4.78, 5) is 28.5. The lowest BCUT2D eigenvalue weighted by Gasteiger charge is -2.23. The van der Waals surface area contributed by atoms with Crippen LogP contribution in [0, 0.1) is 11.8 Å². The summed E-state index contributed by atoms with van der Waals surface area (Å²) in [5.41, 5.74) is 0.925. The highest BCUT2D eigenvalue weighted by atomic mass is 16.7. The second kappa shape index (κ2) is 8.20. The van der Waals surface area contributed by atoms with Crippen molar-refractivity contribution in [2.24, 2.45) is 11.8 Å². The molecule has 0 aliphatic carbocycles. The van der Waals surface area contributed by atoms with Crippen LogP contribution in [0.3, 0.4) is 0 Å². The standard InChI is InChI=1S/C26H26N2O7/c1-31-17-5-3-15(11-20(17)32-2)8-10-27-24(29)22-19-7-9-26(35-19)13-28(25(30)23(22)26)16-4-6-18-21(12-16)34-14-33-18/h3-7,9,11-12,19,22-23H,8,10,13-14H2,1-2H3,(H,27,29)/t19-,22?,23?,26?/m0/s1. The van der Waals surface area contributed by atoms with Gasteiger partial charge in [-0.25, -0.2) is 0 Å². The van der Waals surface area contributed by atoms with Gasteiger partial charge in [0.05, 0.1) is 38.7 Å². The number of methoxy groups -OCH3 is 2. The second-order valence-electron chi connectivity index (χ2n) is 9.09. The van der Waals surface area contributed by atoms with Crippen molar-refractivity contribution in [3.05, 3.63) is 54.1 Å². The third-order valence-electron chi connectivity index (χ3n) is 7.23. The zero-order valence-electron chi connectivity index (χ0n) is 19.5. The molecule has 2 aromatic carbocycles. The van der Waals surface area contributed by atoms with Crippen LogP contribution in [-0.4, -0.2) is 57.6 Å². The molecule has 35 heavy (non-hydrogen) atoms. The number of hydrogen-bond donors (Lipinski definition) is 1. The van der Waals surface area contributed by atoms with Gasteiger partial charge in [-0.2, -0.15) is 0 Å². The predicted molar refractivity (Wildman–Crippen MR) is 125 cm³/mol. The van der Waals surface area contributed by atoms with E-state index in [-0.39, 0.29) is 18.6 Å². The van der Waals surface area contributed by atoms with E-state index in [2.05, 4.69) is 5.32 Å². The monoisotopic (exact) mass is 478 g/mol. The van der Waals surface area contributed by atoms with Crippen LogP contribution in [0.25, 0.3) is 0 Å². The Morgan fingerprint density at radius 1 is 1.11 bits per heavy atom. The van der Waals surface area contributed by atoms with Gasteiger partial charge in [0.1, 0.15) is 5.60 Å². The van der Waals surface area contributed by atoms with E-state index in [0.717, 1.165) is 5.56 Å². The number of fused-ring (bicyclic) bond motifs is 2. The number of carbonyl (C=O) groups excluding carboxylic acids is 2. The highest BCUT2D eigenvalue weighted by Gasteiger charge is 2.67. The normalized spacial score (nSPS) is 27.3. The second-order valence-corrected chi connectivity index (χ2v) is 9.09. The van der Waals surface area contributed by atoms with Crippen molar-refractivity contribution in [2.75, 3.05) is 39.0 Å². The van der Waals surface area contributed by atoms with Crippen LogP contribution in [0.5, 0.6) is 23.0 Å². The SMILES string of the molecule is COc1ccc(CCNC(=O)C2C3C(=O)N(c4ccc5c(c4)OCO5)CC34C=C[C@@H]2O4)cc1OC. The molecule has 0 saturated carbocycles. The van der Waals surface area contributed by atoms with E-state index in [1.54, 1.807) is 31.3 Å². The molecule has 4 atom stereocenters. The molecular weight excluding hydrogens is 452 g/mol. The first-order chi connectivity index (χ1) is 17.0. The molecule has 9 heteroatoms. The maximum absolute atomic E-state index is 13.5. The first-order valence-electron chi connectivity index (χ1n) is 11.6. The zero-order valence-corrected chi connectivity index (χ0v) is 19.5. The lowest BCUT2D eigenvalue weighted by Crippen LogP contribution is -2.44. The van der Waals surface area contributed by atoms with Gasteiger partial charge in [0.2, 0.25) is 18.6 Å². The molecular formula is C26H26N2O7. The van der Waals surface area contributed by atoms with Crippen LogP contribution in [0.15, 0.2) is 48.6 Å². The molecule has 1 N–H and O–H groups in total. The molecule has 4 aliphatic heterocycles. The molecule has 4 aliphatic rings. The average Bonchev–Trinajstić information content (AvgIpc) is 3.64. The largest absolute Gasteiger partial charge is 0.493 e. The first kappa shape index (κ1) is 21.8. The number of amides is 2. The van der Waals surface area contributed by atoms with Gasteiger partial charge in [0.25, 0.3) is 0 Å². The Bertz CT molecular complexity index is 1230. The molecule has 2 bridgehead atoms. The van der Waals surface area contributed by atoms with Crippen LogP contribution in [-0.2, 0) is 20.7 Å². The summed E-state index contributed by atoms with van der Waals surface area (Å²) in [7, 11) is 3.18. The Labute approximate surface area is 202 Å². The number of ether oxygens (including phenoxy) is 5. The van der Waals surface area contributed by atoms with Crippen LogP contribution >= 0.6 is 0 Å². The van der Waals surface area contributed by atoms with Gasteiger partial charge < -0.3 is 33.9 Å². The Balaban J connectivity index is 1.15. The highest BCUT2D eigenvalue weighted by molar-refractivity contribution is 6.03. The maximum Gasteiger partial charge on any atom is 0.234 e. The molecule has 2 amide bonds. The minimum Gasteiger partial charge on any atom is -0.493 e. The molecule has 4 heterocycles. The number of nitrogens with zero attached hydrogens (tertiary/aromatic N) is 1. The van der Waals surface area contributed by atoms with Crippen molar-refractivity contribution in [1.29, 1.82) is 0 Å². The molecule has 9 nitrogen and oxygen atoms in total. The van der Waals surface area contributed by atoms with E-state index >= 15 is 0 Å². The third kappa shape index (κ3) is 3.41. The molecule has 6 rings (SSSR count). The van der Waals surface area contributed by atoms with Crippen molar-refractivity contribution in [2.45, 2.75) is 18.1 Å². The number of hydrogen-bond acceptors (Lipinski definition) is 7. The fraction of sp³-hybridized carbons (Fsp3) is 0.385. The number of rotatable bonds is 7. The molecule has 2 fully saturated rings. The topological polar surface area (TPSA) is 95.6 Å². The molecule has 0 aromatic heterocycles. The Morgan fingerprint density at radius 2 is 1.94 bits per heavy atom. The summed E-state index contributed by atoms with van der Waals surface area (Å²) >= 11 is 0. The minimum absolute atomic E-state index is 0.115. The summed E-state index contributed by atoms with van der Waals surface area (Å²) in [6, 6.07) is 11.1. The number of carbonyl (C=O) groups is 2. The van der Waals surface area contributed by atoms with Crippen LogP contribution in [0.4, 0.5) is 5.69 Å². The third-order valence-corrected chi connectivity index (χ3v) is 7.23. The number of benzene rings is 2. The van der Waals surface area contributed by atoms with Gasteiger partial charge >= 0.3 is 0 Å². The summed E-state index contributed by atoms with van der Waals surface area (Å²) in [6.45, 7) is 0.956. The van der Waals surface area contributed by atoms with Gasteiger partial charge in [-0.3, -0.25) is 9.59 Å². The highest BCUT2D eigenvalue weighted by Crippen LogP contribution is 2.53. The van der Waals surface area contributed by atoms with Crippen molar-refractivity contribution in [3.8, 4) is 23.0 Å². The molecule has 1 spiro atoms.